The summed E-state index contributed by atoms with van der Waals surface area (Å²) in [4.78, 5) is 14.5. The van der Waals surface area contributed by atoms with Gasteiger partial charge in [-0.1, -0.05) is 6.07 Å². The van der Waals surface area contributed by atoms with Gasteiger partial charge in [-0.2, -0.15) is 5.10 Å². The molecule has 3 rings (SSSR count). The average molecular weight is 460 g/mol. The van der Waals surface area contributed by atoms with Crippen LogP contribution >= 0.6 is 15.9 Å². The molecule has 0 N–H and O–H groups in total. The van der Waals surface area contributed by atoms with Gasteiger partial charge in [0, 0.05) is 26.2 Å². The number of carbonyl (C=O) groups is 1. The van der Waals surface area contributed by atoms with E-state index in [9.17, 15) is 9.18 Å². The van der Waals surface area contributed by atoms with Crippen LogP contribution in [0.5, 0.6) is 5.75 Å². The van der Waals surface area contributed by atoms with Crippen LogP contribution in [0.4, 0.5) is 4.39 Å². The molecule has 1 aromatic heterocycles. The summed E-state index contributed by atoms with van der Waals surface area (Å²) in [6, 6.07) is 13.8. The third-order valence-corrected chi connectivity index (χ3v) is 5.38. The molecule has 152 valence electrons. The van der Waals surface area contributed by atoms with Gasteiger partial charge >= 0.3 is 0 Å². The first-order chi connectivity index (χ1) is 13.9. The second-order valence-corrected chi connectivity index (χ2v) is 7.70. The van der Waals surface area contributed by atoms with E-state index in [1.54, 1.807) is 49.0 Å². The van der Waals surface area contributed by atoms with Crippen LogP contribution in [-0.4, -0.2) is 41.3 Å². The van der Waals surface area contributed by atoms with Crippen molar-refractivity contribution >= 4 is 21.8 Å². The Labute approximate surface area is 178 Å². The molecule has 0 saturated carbocycles. The highest BCUT2D eigenvalue weighted by molar-refractivity contribution is 9.10. The van der Waals surface area contributed by atoms with Gasteiger partial charge in [0.15, 0.2) is 0 Å². The number of ether oxygens (including phenoxy) is 1. The quantitative estimate of drug-likeness (QED) is 0.514. The van der Waals surface area contributed by atoms with Crippen LogP contribution in [-0.2, 0) is 13.5 Å². The minimum atomic E-state index is -0.301. The van der Waals surface area contributed by atoms with Crippen LogP contribution in [0.1, 0.15) is 22.5 Å². The van der Waals surface area contributed by atoms with Gasteiger partial charge in [0.05, 0.1) is 17.3 Å². The van der Waals surface area contributed by atoms with Gasteiger partial charge in [-0.25, -0.2) is 4.39 Å². The molecule has 2 aromatic carbocycles. The minimum absolute atomic E-state index is 0.0933. The molecular weight excluding hydrogens is 437 g/mol. The Balaban J connectivity index is 1.61. The van der Waals surface area contributed by atoms with Crippen molar-refractivity contribution in [1.29, 1.82) is 0 Å². The monoisotopic (exact) mass is 459 g/mol. The van der Waals surface area contributed by atoms with Crippen molar-refractivity contribution in [2.75, 3.05) is 20.7 Å². The summed E-state index contributed by atoms with van der Waals surface area (Å²) in [7, 11) is 5.17. The molecule has 0 aliphatic heterocycles. The molecule has 29 heavy (non-hydrogen) atoms. The lowest BCUT2D eigenvalue weighted by Crippen LogP contribution is -2.29. The normalized spacial score (nSPS) is 10.8. The summed E-state index contributed by atoms with van der Waals surface area (Å²) in [5.74, 6) is 0.406. The summed E-state index contributed by atoms with van der Waals surface area (Å²) in [6.07, 6.45) is 1.69. The Morgan fingerprint density at radius 2 is 1.93 bits per heavy atom. The first-order valence-electron chi connectivity index (χ1n) is 9.27. The molecule has 0 fully saturated rings. The molecule has 5 nitrogen and oxygen atoms in total. The highest BCUT2D eigenvalue weighted by Crippen LogP contribution is 2.26. The molecule has 1 heterocycles. The summed E-state index contributed by atoms with van der Waals surface area (Å²) in [6.45, 7) is 0.625. The average Bonchev–Trinajstić information content (AvgIpc) is 3.09. The van der Waals surface area contributed by atoms with Gasteiger partial charge in [0.25, 0.3) is 5.91 Å². The lowest BCUT2D eigenvalue weighted by Gasteiger charge is -2.17. The van der Waals surface area contributed by atoms with E-state index in [0.717, 1.165) is 28.6 Å². The van der Waals surface area contributed by atoms with Crippen molar-refractivity contribution in [3.05, 3.63) is 70.1 Å². The Morgan fingerprint density at radius 3 is 2.59 bits per heavy atom. The molecule has 0 spiro atoms. The first-order valence-corrected chi connectivity index (χ1v) is 10.1. The van der Waals surface area contributed by atoms with E-state index < -0.39 is 0 Å². The molecule has 3 aromatic rings. The highest BCUT2D eigenvalue weighted by atomic mass is 79.9. The zero-order chi connectivity index (χ0) is 21.0. The van der Waals surface area contributed by atoms with Crippen LogP contribution in [0.3, 0.4) is 0 Å². The fourth-order valence-electron chi connectivity index (χ4n) is 3.11. The number of rotatable bonds is 7. The maximum Gasteiger partial charge on any atom is 0.271 e. The van der Waals surface area contributed by atoms with Gasteiger partial charge in [-0.3, -0.25) is 9.48 Å². The van der Waals surface area contributed by atoms with E-state index in [1.807, 2.05) is 18.2 Å². The van der Waals surface area contributed by atoms with Crippen LogP contribution in [0.25, 0.3) is 11.3 Å². The lowest BCUT2D eigenvalue weighted by atomic mass is 10.1. The van der Waals surface area contributed by atoms with Crippen LogP contribution in [0.2, 0.25) is 0 Å². The highest BCUT2D eigenvalue weighted by Gasteiger charge is 2.18. The van der Waals surface area contributed by atoms with Gasteiger partial charge in [0.1, 0.15) is 17.3 Å². The third-order valence-electron chi connectivity index (χ3n) is 4.76. The third kappa shape index (κ3) is 5.03. The Morgan fingerprint density at radius 1 is 1.21 bits per heavy atom. The maximum atomic E-state index is 13.1. The number of amides is 1. The molecule has 0 radical (unpaired) electrons. The van der Waals surface area contributed by atoms with Gasteiger partial charge in [0.2, 0.25) is 0 Å². The zero-order valence-corrected chi connectivity index (χ0v) is 18.2. The molecule has 0 aliphatic carbocycles. The fourth-order valence-corrected chi connectivity index (χ4v) is 3.70. The molecular formula is C22H23BrFN3O2. The summed E-state index contributed by atoms with van der Waals surface area (Å²) >= 11 is 3.50. The van der Waals surface area contributed by atoms with Crippen molar-refractivity contribution in [1.82, 2.24) is 14.7 Å². The van der Waals surface area contributed by atoms with E-state index in [1.165, 1.54) is 17.7 Å². The summed E-state index contributed by atoms with van der Waals surface area (Å²) < 4.78 is 20.9. The Hall–Kier alpha value is -2.67. The largest absolute Gasteiger partial charge is 0.496 e. The van der Waals surface area contributed by atoms with Crippen LogP contribution < -0.4 is 4.74 Å². The Kier molecular flexibility index (Phi) is 6.69. The summed E-state index contributed by atoms with van der Waals surface area (Å²) in [5.41, 5.74) is 3.10. The van der Waals surface area contributed by atoms with Crippen LogP contribution in [0, 0.1) is 5.82 Å². The van der Waals surface area contributed by atoms with Gasteiger partial charge in [-0.05, 0) is 76.8 Å². The minimum Gasteiger partial charge on any atom is -0.496 e. The second kappa shape index (κ2) is 9.22. The number of methoxy groups -OCH3 is 1. The number of hydrogen-bond donors (Lipinski definition) is 0. The van der Waals surface area contributed by atoms with E-state index in [2.05, 4.69) is 21.0 Å². The number of aryl methyl sites for hydroxylation is 2. The topological polar surface area (TPSA) is 47.4 Å². The smallest absolute Gasteiger partial charge is 0.271 e. The van der Waals surface area contributed by atoms with Gasteiger partial charge in [-0.15, -0.1) is 0 Å². The second-order valence-electron chi connectivity index (χ2n) is 6.84. The molecule has 0 aliphatic rings. The zero-order valence-electron chi connectivity index (χ0n) is 16.7. The summed E-state index contributed by atoms with van der Waals surface area (Å²) in [5, 5.41) is 4.40. The Bertz CT molecular complexity index is 1000. The molecule has 0 bridgehead atoms. The molecule has 0 unspecified atom stereocenters. The molecule has 0 saturated heterocycles. The SMILES string of the molecule is COc1ccc(CCCN(C)C(=O)c2cc(-c3ccc(F)cc3)nn2C)cc1Br. The lowest BCUT2D eigenvalue weighted by molar-refractivity contribution is 0.0782. The molecule has 0 atom stereocenters. The van der Waals surface area contributed by atoms with Crippen molar-refractivity contribution in [2.45, 2.75) is 12.8 Å². The number of carbonyl (C=O) groups excluding carboxylic acids is 1. The maximum absolute atomic E-state index is 13.1. The first kappa shape index (κ1) is 21.0. The molecule has 7 heteroatoms. The number of nitrogens with zero attached hydrogens (tertiary/aromatic N) is 3. The van der Waals surface area contributed by atoms with E-state index in [0.29, 0.717) is 17.9 Å². The van der Waals surface area contributed by atoms with E-state index >= 15 is 0 Å². The van der Waals surface area contributed by atoms with Crippen molar-refractivity contribution in [2.24, 2.45) is 7.05 Å². The number of halogens is 2. The predicted molar refractivity (Wildman–Crippen MR) is 115 cm³/mol. The van der Waals surface area contributed by atoms with E-state index in [4.69, 9.17) is 4.74 Å². The van der Waals surface area contributed by atoms with E-state index in [-0.39, 0.29) is 11.7 Å². The van der Waals surface area contributed by atoms with Crippen molar-refractivity contribution in [3.63, 3.8) is 0 Å². The number of hydrogen-bond acceptors (Lipinski definition) is 3. The van der Waals surface area contributed by atoms with Crippen LogP contribution in [0.15, 0.2) is 53.0 Å². The fraction of sp³-hybridized carbons (Fsp3) is 0.273. The van der Waals surface area contributed by atoms with Crippen molar-refractivity contribution < 1.29 is 13.9 Å². The van der Waals surface area contributed by atoms with Gasteiger partial charge < -0.3 is 9.64 Å². The van der Waals surface area contributed by atoms with Crippen molar-refractivity contribution in [3.8, 4) is 17.0 Å². The number of aromatic nitrogens is 2. The standard InChI is InChI=1S/C22H23BrFN3O2/c1-26(12-4-5-15-6-11-21(29-3)18(23)13-15)22(28)20-14-19(25-27(20)2)16-7-9-17(24)10-8-16/h6-11,13-14H,4-5,12H2,1-3H3. The predicted octanol–water partition coefficient (Wildman–Crippen LogP) is 4.70. The molecule has 1 amide bonds. The number of benzene rings is 2.